The second-order valence-corrected chi connectivity index (χ2v) is 3.14. The summed E-state index contributed by atoms with van der Waals surface area (Å²) in [5.41, 5.74) is -0.397. The SMILES string of the molecule is CCOc1cc(OC(F)(F)F)c(C=O)cc1C=O. The van der Waals surface area contributed by atoms with Crippen molar-refractivity contribution in [2.24, 2.45) is 0 Å². The van der Waals surface area contributed by atoms with Gasteiger partial charge in [0.25, 0.3) is 0 Å². The monoisotopic (exact) mass is 262 g/mol. The summed E-state index contributed by atoms with van der Waals surface area (Å²) in [7, 11) is 0. The standard InChI is InChI=1S/C11H9F3O4/c1-2-17-9-4-10(18-11(12,13)14)8(6-16)3-7(9)5-15/h3-6H,2H2,1H3. The average Bonchev–Trinajstić information content (AvgIpc) is 2.28. The summed E-state index contributed by atoms with van der Waals surface area (Å²) in [6, 6.07) is 1.84. The molecule has 18 heavy (non-hydrogen) atoms. The molecule has 0 aromatic heterocycles. The van der Waals surface area contributed by atoms with E-state index in [0.29, 0.717) is 6.29 Å². The Balaban J connectivity index is 3.26. The summed E-state index contributed by atoms with van der Waals surface area (Å²) in [5, 5.41) is 0. The summed E-state index contributed by atoms with van der Waals surface area (Å²) in [6.45, 7) is 1.76. The van der Waals surface area contributed by atoms with Gasteiger partial charge in [-0.1, -0.05) is 0 Å². The van der Waals surface area contributed by atoms with Gasteiger partial charge in [-0.15, -0.1) is 13.2 Å². The van der Waals surface area contributed by atoms with Crippen LogP contribution in [0.1, 0.15) is 27.6 Å². The molecule has 0 heterocycles. The van der Waals surface area contributed by atoms with E-state index in [4.69, 9.17) is 4.74 Å². The van der Waals surface area contributed by atoms with Gasteiger partial charge >= 0.3 is 6.36 Å². The topological polar surface area (TPSA) is 52.6 Å². The van der Waals surface area contributed by atoms with Gasteiger partial charge in [0.05, 0.1) is 17.7 Å². The van der Waals surface area contributed by atoms with Gasteiger partial charge in [0, 0.05) is 6.07 Å². The Kier molecular flexibility index (Phi) is 4.30. The molecule has 4 nitrogen and oxygen atoms in total. The summed E-state index contributed by atoms with van der Waals surface area (Å²) in [5.74, 6) is -0.774. The van der Waals surface area contributed by atoms with E-state index in [9.17, 15) is 22.8 Å². The van der Waals surface area contributed by atoms with Crippen molar-refractivity contribution in [1.29, 1.82) is 0 Å². The van der Waals surface area contributed by atoms with Gasteiger partial charge in [-0.05, 0) is 13.0 Å². The Labute approximate surface area is 100 Å². The molecule has 0 N–H and O–H groups in total. The van der Waals surface area contributed by atoms with Crippen LogP contribution in [0.4, 0.5) is 13.2 Å². The molecule has 0 unspecified atom stereocenters. The number of benzene rings is 1. The lowest BCUT2D eigenvalue weighted by atomic mass is 10.1. The molecule has 0 aliphatic rings. The number of carbonyl (C=O) groups excluding carboxylic acids is 2. The van der Waals surface area contributed by atoms with E-state index < -0.39 is 12.1 Å². The molecule has 0 radical (unpaired) electrons. The van der Waals surface area contributed by atoms with Gasteiger partial charge in [0.15, 0.2) is 12.6 Å². The molecule has 0 fully saturated rings. The minimum Gasteiger partial charge on any atom is -0.493 e. The van der Waals surface area contributed by atoms with E-state index in [2.05, 4.69) is 4.74 Å². The Morgan fingerprint density at radius 2 is 1.67 bits per heavy atom. The minimum absolute atomic E-state index is 0.0199. The number of aldehydes is 2. The van der Waals surface area contributed by atoms with E-state index in [1.807, 2.05) is 0 Å². The zero-order valence-corrected chi connectivity index (χ0v) is 9.28. The Morgan fingerprint density at radius 3 is 2.11 bits per heavy atom. The van der Waals surface area contributed by atoms with Crippen LogP contribution in [0.15, 0.2) is 12.1 Å². The van der Waals surface area contributed by atoms with Crippen molar-refractivity contribution in [3.05, 3.63) is 23.3 Å². The van der Waals surface area contributed by atoms with Crippen LogP contribution in [-0.2, 0) is 0 Å². The number of alkyl halides is 3. The second-order valence-electron chi connectivity index (χ2n) is 3.14. The highest BCUT2D eigenvalue weighted by molar-refractivity contribution is 5.87. The fourth-order valence-corrected chi connectivity index (χ4v) is 1.27. The number of hydrogen-bond acceptors (Lipinski definition) is 4. The maximum atomic E-state index is 12.1. The van der Waals surface area contributed by atoms with Gasteiger partial charge in [0.1, 0.15) is 11.5 Å². The number of hydrogen-bond donors (Lipinski definition) is 0. The van der Waals surface area contributed by atoms with Crippen molar-refractivity contribution < 1.29 is 32.2 Å². The van der Waals surface area contributed by atoms with Crippen molar-refractivity contribution in [3.8, 4) is 11.5 Å². The maximum absolute atomic E-state index is 12.1. The number of halogens is 3. The largest absolute Gasteiger partial charge is 0.573 e. The molecule has 0 bridgehead atoms. The third-order valence-corrected chi connectivity index (χ3v) is 1.92. The van der Waals surface area contributed by atoms with Crippen LogP contribution in [0, 0.1) is 0 Å². The zero-order chi connectivity index (χ0) is 13.8. The quantitative estimate of drug-likeness (QED) is 0.765. The highest BCUT2D eigenvalue weighted by atomic mass is 19.4. The van der Waals surface area contributed by atoms with Crippen molar-refractivity contribution in [2.75, 3.05) is 6.61 Å². The molecule has 0 aliphatic heterocycles. The smallest absolute Gasteiger partial charge is 0.493 e. The Bertz CT molecular complexity index is 454. The van der Waals surface area contributed by atoms with Gasteiger partial charge in [-0.25, -0.2) is 0 Å². The lowest BCUT2D eigenvalue weighted by Gasteiger charge is -2.13. The molecule has 0 aliphatic carbocycles. The van der Waals surface area contributed by atoms with E-state index in [0.717, 1.165) is 12.1 Å². The molecule has 0 saturated heterocycles. The highest BCUT2D eigenvalue weighted by Gasteiger charge is 2.32. The molecule has 1 rings (SSSR count). The Hall–Kier alpha value is -2.05. The molecule has 0 spiro atoms. The van der Waals surface area contributed by atoms with Gasteiger partial charge in [0.2, 0.25) is 0 Å². The van der Waals surface area contributed by atoms with E-state index in [1.54, 1.807) is 6.92 Å². The number of ether oxygens (including phenoxy) is 2. The highest BCUT2D eigenvalue weighted by Crippen LogP contribution is 2.31. The summed E-state index contributed by atoms with van der Waals surface area (Å²) >= 11 is 0. The molecule has 0 atom stereocenters. The van der Waals surface area contributed by atoms with Crippen LogP contribution in [0.2, 0.25) is 0 Å². The molecular weight excluding hydrogens is 253 g/mol. The molecule has 0 saturated carbocycles. The fraction of sp³-hybridized carbons (Fsp3) is 0.273. The fourth-order valence-electron chi connectivity index (χ4n) is 1.27. The molecule has 7 heteroatoms. The first-order valence-corrected chi connectivity index (χ1v) is 4.88. The van der Waals surface area contributed by atoms with Crippen LogP contribution >= 0.6 is 0 Å². The van der Waals surface area contributed by atoms with Crippen molar-refractivity contribution in [3.63, 3.8) is 0 Å². The van der Waals surface area contributed by atoms with Crippen molar-refractivity contribution >= 4 is 12.6 Å². The second kappa shape index (κ2) is 5.52. The summed E-state index contributed by atoms with van der Waals surface area (Å²) in [6.07, 6.45) is -4.37. The van der Waals surface area contributed by atoms with Crippen LogP contribution in [0.25, 0.3) is 0 Å². The van der Waals surface area contributed by atoms with Crippen molar-refractivity contribution in [1.82, 2.24) is 0 Å². The van der Waals surface area contributed by atoms with E-state index >= 15 is 0 Å². The normalized spacial score (nSPS) is 10.9. The minimum atomic E-state index is -4.93. The lowest BCUT2D eigenvalue weighted by Crippen LogP contribution is -2.18. The van der Waals surface area contributed by atoms with Crippen LogP contribution in [0.3, 0.4) is 0 Å². The molecule has 1 aromatic carbocycles. The van der Waals surface area contributed by atoms with Crippen molar-refractivity contribution in [2.45, 2.75) is 13.3 Å². The van der Waals surface area contributed by atoms with Gasteiger partial charge < -0.3 is 9.47 Å². The zero-order valence-electron chi connectivity index (χ0n) is 9.28. The first-order valence-electron chi connectivity index (χ1n) is 4.88. The average molecular weight is 262 g/mol. The lowest BCUT2D eigenvalue weighted by molar-refractivity contribution is -0.274. The first kappa shape index (κ1) is 14.0. The van der Waals surface area contributed by atoms with Crippen LogP contribution in [-0.4, -0.2) is 25.5 Å². The maximum Gasteiger partial charge on any atom is 0.573 e. The third kappa shape index (κ3) is 3.47. The molecule has 1 aromatic rings. The van der Waals surface area contributed by atoms with E-state index in [1.165, 1.54) is 0 Å². The van der Waals surface area contributed by atoms with E-state index in [-0.39, 0.29) is 29.8 Å². The molecule has 0 amide bonds. The van der Waals surface area contributed by atoms with Gasteiger partial charge in [-0.3, -0.25) is 9.59 Å². The Morgan fingerprint density at radius 1 is 1.11 bits per heavy atom. The van der Waals surface area contributed by atoms with Crippen LogP contribution in [0.5, 0.6) is 11.5 Å². The van der Waals surface area contributed by atoms with Gasteiger partial charge in [-0.2, -0.15) is 0 Å². The predicted octanol–water partition coefficient (Wildman–Crippen LogP) is 2.61. The number of rotatable bonds is 5. The third-order valence-electron chi connectivity index (χ3n) is 1.92. The number of carbonyl (C=O) groups is 2. The summed E-state index contributed by atoms with van der Waals surface area (Å²) in [4.78, 5) is 21.4. The first-order chi connectivity index (χ1) is 8.41. The molecule has 98 valence electrons. The summed E-state index contributed by atoms with van der Waals surface area (Å²) < 4.78 is 45.0. The van der Waals surface area contributed by atoms with Crippen LogP contribution < -0.4 is 9.47 Å². The predicted molar refractivity (Wildman–Crippen MR) is 55.1 cm³/mol. The molecular formula is C11H9F3O4.